The minimum Gasteiger partial charge on any atom is -0.456 e. The SMILES string of the molecule is [2H]c1c([2H])c(-c2ccccc2)c([2H])c(-c2c3ccccc3c(-c3c([2H])c([2H])c(-c4c([2H])c([2H])c5oc6c([2H])c([2H])c([2H])c([2H])c6c5c4[2H])c([2H])c3[2H])c3ccccc23)c1[2H]. The van der Waals surface area contributed by atoms with Crippen LogP contribution in [0.2, 0.25) is 0 Å². The molecule has 9 aromatic rings. The number of hydrogen-bond acceptors (Lipinski definition) is 1. The molecule has 0 radical (unpaired) electrons. The molecule has 0 bridgehead atoms. The molecule has 0 saturated carbocycles. The first-order valence-corrected chi connectivity index (χ1v) is 14.2. The van der Waals surface area contributed by atoms with Gasteiger partial charge in [0.05, 0.1) is 20.6 Å². The van der Waals surface area contributed by atoms with E-state index in [1.807, 2.05) is 0 Å². The van der Waals surface area contributed by atoms with Crippen LogP contribution in [-0.2, 0) is 0 Å². The zero-order chi connectivity index (χ0) is 42.8. The molecule has 0 amide bonds. The van der Waals surface area contributed by atoms with Gasteiger partial charge in [-0.3, -0.25) is 0 Å². The van der Waals surface area contributed by atoms with E-state index in [-0.39, 0.29) is 62.8 Å². The Morgan fingerprint density at radius 3 is 1.58 bits per heavy atom. The highest BCUT2D eigenvalue weighted by Gasteiger charge is 2.17. The summed E-state index contributed by atoms with van der Waals surface area (Å²) in [5, 5.41) is 1.41. The molecule has 0 atom stereocenters. The van der Waals surface area contributed by atoms with Gasteiger partial charge < -0.3 is 4.42 Å². The van der Waals surface area contributed by atoms with Crippen molar-refractivity contribution >= 4 is 43.5 Å². The van der Waals surface area contributed by atoms with Crippen molar-refractivity contribution in [1.29, 1.82) is 0 Å². The lowest BCUT2D eigenvalue weighted by Crippen LogP contribution is -1.91. The van der Waals surface area contributed by atoms with Crippen LogP contribution < -0.4 is 0 Å². The molecule has 1 nitrogen and oxygen atoms in total. The Labute approximate surface area is 282 Å². The second-order valence-electron chi connectivity index (χ2n) is 10.5. The fourth-order valence-electron chi connectivity index (χ4n) is 5.88. The van der Waals surface area contributed by atoms with E-state index in [0.29, 0.717) is 38.2 Å². The van der Waals surface area contributed by atoms with E-state index in [1.165, 1.54) is 0 Å². The second kappa shape index (κ2) is 10.4. The maximum atomic E-state index is 9.46. The van der Waals surface area contributed by atoms with Gasteiger partial charge >= 0.3 is 0 Å². The summed E-state index contributed by atoms with van der Waals surface area (Å²) in [4.78, 5) is 0. The third kappa shape index (κ3) is 4.24. The predicted molar refractivity (Wildman–Crippen MR) is 190 cm³/mol. The van der Waals surface area contributed by atoms with Gasteiger partial charge in [0.15, 0.2) is 0 Å². The van der Waals surface area contributed by atoms with Gasteiger partial charge in [-0.25, -0.2) is 0 Å². The number of fused-ring (bicyclic) bond motifs is 5. The monoisotopic (exact) mass is 587 g/mol. The molecule has 210 valence electrons. The third-order valence-electron chi connectivity index (χ3n) is 7.88. The Morgan fingerprint density at radius 1 is 0.333 bits per heavy atom. The van der Waals surface area contributed by atoms with E-state index in [9.17, 15) is 8.22 Å². The fourth-order valence-corrected chi connectivity index (χ4v) is 5.88. The van der Waals surface area contributed by atoms with Crippen molar-refractivity contribution in [2.24, 2.45) is 0 Å². The van der Waals surface area contributed by atoms with E-state index < -0.39 is 77.6 Å². The molecule has 1 heterocycles. The quantitative estimate of drug-likeness (QED) is 0.187. The van der Waals surface area contributed by atoms with E-state index >= 15 is 0 Å². The van der Waals surface area contributed by atoms with Crippen LogP contribution in [-0.4, -0.2) is 0 Å². The minimum atomic E-state index is -0.657. The summed E-state index contributed by atoms with van der Waals surface area (Å²) in [6.07, 6.45) is 0. The normalized spacial score (nSPS) is 16.2. The second-order valence-corrected chi connectivity index (χ2v) is 10.5. The van der Waals surface area contributed by atoms with E-state index in [1.54, 1.807) is 78.9 Å². The first kappa shape index (κ1) is 14.7. The lowest BCUT2D eigenvalue weighted by atomic mass is 9.85. The Hall–Kier alpha value is -5.92. The number of hydrogen-bond donors (Lipinski definition) is 0. The lowest BCUT2D eigenvalue weighted by Gasteiger charge is -2.18. The maximum absolute atomic E-state index is 9.46. The van der Waals surface area contributed by atoms with Gasteiger partial charge in [-0.1, -0.05) is 145 Å². The van der Waals surface area contributed by atoms with Gasteiger partial charge in [0.2, 0.25) is 0 Å². The number of furan rings is 1. The molecular formula is C44H28O. The summed E-state index contributed by atoms with van der Waals surface area (Å²) in [6, 6.07) is 15.2. The van der Waals surface area contributed by atoms with Crippen molar-refractivity contribution in [2.75, 3.05) is 0 Å². The molecule has 0 unspecified atom stereocenters. The summed E-state index contributed by atoms with van der Waals surface area (Å²) < 4.78 is 140. The average molecular weight is 588 g/mol. The smallest absolute Gasteiger partial charge is 0.135 e. The Balaban J connectivity index is 1.37. The summed E-state index contributed by atoms with van der Waals surface area (Å²) in [7, 11) is 0. The molecule has 0 spiro atoms. The highest BCUT2D eigenvalue weighted by molar-refractivity contribution is 6.21. The van der Waals surface area contributed by atoms with Crippen LogP contribution in [0.3, 0.4) is 0 Å². The Bertz CT molecular complexity index is 3290. The summed E-state index contributed by atoms with van der Waals surface area (Å²) in [6.45, 7) is 0. The molecule has 8 aromatic carbocycles. The molecule has 0 aliphatic carbocycles. The summed E-state index contributed by atoms with van der Waals surface area (Å²) in [5.41, 5.74) is -0.168. The molecule has 0 fully saturated rings. The molecule has 9 rings (SSSR count). The molecule has 45 heavy (non-hydrogen) atoms. The molecule has 0 N–H and O–H groups in total. The maximum Gasteiger partial charge on any atom is 0.135 e. The molecule has 0 aliphatic rings. The van der Waals surface area contributed by atoms with Crippen molar-refractivity contribution in [3.05, 3.63) is 169 Å². The van der Waals surface area contributed by atoms with Crippen molar-refractivity contribution in [3.63, 3.8) is 0 Å². The first-order valence-electron chi connectivity index (χ1n) is 21.7. The van der Waals surface area contributed by atoms with Crippen LogP contribution in [0.15, 0.2) is 174 Å². The highest BCUT2D eigenvalue weighted by atomic mass is 16.3. The van der Waals surface area contributed by atoms with Gasteiger partial charge in [-0.15, -0.1) is 0 Å². The van der Waals surface area contributed by atoms with E-state index in [4.69, 9.17) is 16.8 Å². The van der Waals surface area contributed by atoms with Crippen LogP contribution in [0.25, 0.3) is 88.0 Å². The van der Waals surface area contributed by atoms with Gasteiger partial charge in [-0.05, 0) is 90.2 Å². The van der Waals surface area contributed by atoms with Gasteiger partial charge in [-0.2, -0.15) is 0 Å². The van der Waals surface area contributed by atoms with Crippen LogP contribution in [0.5, 0.6) is 0 Å². The molecule has 1 heteroatoms. The molecule has 1 aromatic heterocycles. The van der Waals surface area contributed by atoms with Crippen molar-refractivity contribution in [2.45, 2.75) is 0 Å². The predicted octanol–water partition coefficient (Wildman–Crippen LogP) is 12.6. The summed E-state index contributed by atoms with van der Waals surface area (Å²) in [5.74, 6) is 0. The van der Waals surface area contributed by atoms with Crippen molar-refractivity contribution in [1.82, 2.24) is 0 Å². The first-order chi connectivity index (χ1) is 28.6. The van der Waals surface area contributed by atoms with E-state index in [2.05, 4.69) is 0 Å². The molecule has 0 aliphatic heterocycles. The standard InChI is InChI=1S/C44H28O/c1-2-11-29(12-3-1)32-13-10-14-34(27-32)44-38-18-6-4-16-36(38)43(37-17-5-7-19-39(37)44)31-23-21-30(22-24-31)33-25-26-42-40(28-33)35-15-8-9-20-41(35)45-42/h1-28H/i8D,9D,10D,13D,14D,15D,20D,21D,22D,23D,24D,25D,26D,27D,28D. The average Bonchev–Trinajstić information content (AvgIpc) is 3.66. The fraction of sp³-hybridized carbons (Fsp3) is 0. The van der Waals surface area contributed by atoms with E-state index in [0.717, 1.165) is 0 Å². The molecule has 0 saturated heterocycles. The number of benzene rings is 8. The van der Waals surface area contributed by atoms with Gasteiger partial charge in [0, 0.05) is 10.8 Å². The van der Waals surface area contributed by atoms with Crippen molar-refractivity contribution < 1.29 is 25.0 Å². The minimum absolute atomic E-state index is 0.105. The zero-order valence-electron chi connectivity index (χ0n) is 38.4. The Morgan fingerprint density at radius 2 is 0.867 bits per heavy atom. The Kier molecular flexibility index (Phi) is 3.39. The highest BCUT2D eigenvalue weighted by Crippen LogP contribution is 2.44. The van der Waals surface area contributed by atoms with Gasteiger partial charge in [0.25, 0.3) is 0 Å². The van der Waals surface area contributed by atoms with Crippen LogP contribution in [0.4, 0.5) is 0 Å². The van der Waals surface area contributed by atoms with Crippen LogP contribution >= 0.6 is 0 Å². The lowest BCUT2D eigenvalue weighted by molar-refractivity contribution is 0.669. The largest absolute Gasteiger partial charge is 0.456 e. The zero-order valence-corrected chi connectivity index (χ0v) is 23.4. The number of rotatable bonds is 4. The number of para-hydroxylation sites is 1. The van der Waals surface area contributed by atoms with Crippen molar-refractivity contribution in [3.8, 4) is 44.5 Å². The molecular weight excluding hydrogens is 544 g/mol. The third-order valence-corrected chi connectivity index (χ3v) is 7.88. The summed E-state index contributed by atoms with van der Waals surface area (Å²) >= 11 is 0. The van der Waals surface area contributed by atoms with Gasteiger partial charge in [0.1, 0.15) is 11.2 Å². The van der Waals surface area contributed by atoms with Crippen LogP contribution in [0, 0.1) is 0 Å². The topological polar surface area (TPSA) is 13.1 Å². The van der Waals surface area contributed by atoms with Crippen LogP contribution in [0.1, 0.15) is 20.6 Å².